The van der Waals surface area contributed by atoms with Gasteiger partial charge in [-0.25, -0.2) is 4.98 Å². The Kier molecular flexibility index (Phi) is 2.16. The quantitative estimate of drug-likeness (QED) is 0.852. The maximum absolute atomic E-state index is 6.20. The number of hydrogen-bond acceptors (Lipinski definition) is 2. The van der Waals surface area contributed by atoms with Crippen molar-refractivity contribution in [3.05, 3.63) is 23.2 Å². The second-order valence-corrected chi connectivity index (χ2v) is 6.10. The second kappa shape index (κ2) is 3.64. The maximum atomic E-state index is 6.20. The summed E-state index contributed by atoms with van der Waals surface area (Å²) in [6.07, 6.45) is 5.36. The van der Waals surface area contributed by atoms with Gasteiger partial charge in [0, 0.05) is 6.04 Å². The molecule has 1 aromatic carbocycles. The molecule has 0 aliphatic heterocycles. The van der Waals surface area contributed by atoms with E-state index in [-0.39, 0.29) is 0 Å². The standard InChI is InChI=1S/C14H16ClN3/c15-10-2-1-3-11-13(10)17-14(16)18(11)12-7-8-4-5-9(12)6-8/h1-3,8-9,12H,4-7H2,(H2,16,17). The summed E-state index contributed by atoms with van der Waals surface area (Å²) in [7, 11) is 0. The average Bonchev–Trinajstić information content (AvgIpc) is 3.02. The van der Waals surface area contributed by atoms with E-state index in [0.717, 1.165) is 22.9 Å². The summed E-state index contributed by atoms with van der Waals surface area (Å²) in [6, 6.07) is 6.47. The average molecular weight is 262 g/mol. The summed E-state index contributed by atoms with van der Waals surface area (Å²) in [4.78, 5) is 4.45. The molecule has 3 atom stereocenters. The van der Waals surface area contributed by atoms with Crippen LogP contribution in [0.2, 0.25) is 5.02 Å². The molecule has 0 radical (unpaired) electrons. The molecule has 94 valence electrons. The molecular formula is C14H16ClN3. The number of rotatable bonds is 1. The van der Waals surface area contributed by atoms with E-state index in [1.165, 1.54) is 25.7 Å². The Bertz CT molecular complexity index is 619. The number of anilines is 1. The summed E-state index contributed by atoms with van der Waals surface area (Å²) in [5.74, 6) is 2.31. The molecule has 4 heteroatoms. The van der Waals surface area contributed by atoms with Gasteiger partial charge in [0.2, 0.25) is 5.95 Å². The van der Waals surface area contributed by atoms with Crippen LogP contribution in [0.1, 0.15) is 31.7 Å². The normalized spacial score (nSPS) is 30.4. The third-order valence-corrected chi connectivity index (χ3v) is 5.04. The van der Waals surface area contributed by atoms with Crippen LogP contribution in [-0.2, 0) is 0 Å². The van der Waals surface area contributed by atoms with Crippen LogP contribution in [0.25, 0.3) is 11.0 Å². The SMILES string of the molecule is Nc1nc2c(Cl)cccc2n1C1CC2CCC1C2. The van der Waals surface area contributed by atoms with Crippen molar-refractivity contribution in [2.24, 2.45) is 11.8 Å². The highest BCUT2D eigenvalue weighted by molar-refractivity contribution is 6.35. The van der Waals surface area contributed by atoms with E-state index < -0.39 is 0 Å². The van der Waals surface area contributed by atoms with Crippen LogP contribution in [-0.4, -0.2) is 9.55 Å². The van der Waals surface area contributed by atoms with Crippen LogP contribution in [0.5, 0.6) is 0 Å². The molecule has 1 aromatic heterocycles. The first kappa shape index (κ1) is 10.7. The number of aromatic nitrogens is 2. The first-order chi connectivity index (χ1) is 8.74. The molecular weight excluding hydrogens is 246 g/mol. The molecule has 2 saturated carbocycles. The molecule has 1 heterocycles. The summed E-state index contributed by atoms with van der Waals surface area (Å²) in [5, 5.41) is 0.695. The minimum Gasteiger partial charge on any atom is -0.369 e. The molecule has 0 spiro atoms. The van der Waals surface area contributed by atoms with Gasteiger partial charge in [-0.2, -0.15) is 0 Å². The number of imidazole rings is 1. The number of halogens is 1. The monoisotopic (exact) mass is 261 g/mol. The Morgan fingerprint density at radius 1 is 1.28 bits per heavy atom. The van der Waals surface area contributed by atoms with Gasteiger partial charge < -0.3 is 10.3 Å². The van der Waals surface area contributed by atoms with Crippen LogP contribution in [0.3, 0.4) is 0 Å². The van der Waals surface area contributed by atoms with E-state index in [0.29, 0.717) is 17.0 Å². The zero-order valence-corrected chi connectivity index (χ0v) is 10.9. The Morgan fingerprint density at radius 3 is 2.89 bits per heavy atom. The summed E-state index contributed by atoms with van der Waals surface area (Å²) in [5.41, 5.74) is 8.07. The Morgan fingerprint density at radius 2 is 2.17 bits per heavy atom. The number of benzene rings is 1. The largest absolute Gasteiger partial charge is 0.369 e. The highest BCUT2D eigenvalue weighted by Gasteiger charge is 2.41. The maximum Gasteiger partial charge on any atom is 0.201 e. The van der Waals surface area contributed by atoms with Crippen LogP contribution in [0, 0.1) is 11.8 Å². The van der Waals surface area contributed by atoms with Crippen molar-refractivity contribution in [2.75, 3.05) is 5.73 Å². The fourth-order valence-corrected chi connectivity index (χ4v) is 4.19. The topological polar surface area (TPSA) is 43.8 Å². The molecule has 4 rings (SSSR count). The number of nitrogens with two attached hydrogens (primary N) is 1. The van der Waals surface area contributed by atoms with E-state index in [1.807, 2.05) is 12.1 Å². The van der Waals surface area contributed by atoms with Crippen LogP contribution < -0.4 is 5.73 Å². The third-order valence-electron chi connectivity index (χ3n) is 4.73. The van der Waals surface area contributed by atoms with Gasteiger partial charge >= 0.3 is 0 Å². The van der Waals surface area contributed by atoms with Gasteiger partial charge in [-0.15, -0.1) is 0 Å². The smallest absolute Gasteiger partial charge is 0.201 e. The van der Waals surface area contributed by atoms with E-state index in [9.17, 15) is 0 Å². The van der Waals surface area contributed by atoms with E-state index in [2.05, 4.69) is 15.6 Å². The van der Waals surface area contributed by atoms with Crippen molar-refractivity contribution in [3.8, 4) is 0 Å². The number of hydrogen-bond donors (Lipinski definition) is 1. The lowest BCUT2D eigenvalue weighted by Gasteiger charge is -2.24. The lowest BCUT2D eigenvalue weighted by Crippen LogP contribution is -2.17. The van der Waals surface area contributed by atoms with Crippen molar-refractivity contribution in [2.45, 2.75) is 31.7 Å². The molecule has 2 N–H and O–H groups in total. The zero-order chi connectivity index (χ0) is 12.3. The lowest BCUT2D eigenvalue weighted by atomic mass is 9.95. The van der Waals surface area contributed by atoms with Gasteiger partial charge in [-0.3, -0.25) is 0 Å². The molecule has 0 amide bonds. The van der Waals surface area contributed by atoms with Gasteiger partial charge in [0.1, 0.15) is 5.52 Å². The highest BCUT2D eigenvalue weighted by atomic mass is 35.5. The van der Waals surface area contributed by atoms with Crippen LogP contribution >= 0.6 is 11.6 Å². The summed E-state index contributed by atoms with van der Waals surface area (Å²) < 4.78 is 2.23. The zero-order valence-electron chi connectivity index (χ0n) is 10.1. The van der Waals surface area contributed by atoms with Crippen LogP contribution in [0.4, 0.5) is 5.95 Å². The number of para-hydroxylation sites is 1. The van der Waals surface area contributed by atoms with E-state index in [4.69, 9.17) is 17.3 Å². The molecule has 2 bridgehead atoms. The van der Waals surface area contributed by atoms with Gasteiger partial charge in [-0.05, 0) is 43.2 Å². The second-order valence-electron chi connectivity index (χ2n) is 5.69. The van der Waals surface area contributed by atoms with Gasteiger partial charge in [-0.1, -0.05) is 24.1 Å². The van der Waals surface area contributed by atoms with Crippen molar-refractivity contribution in [3.63, 3.8) is 0 Å². The molecule has 3 nitrogen and oxygen atoms in total. The number of nitrogens with zero attached hydrogens (tertiary/aromatic N) is 2. The van der Waals surface area contributed by atoms with Gasteiger partial charge in [0.15, 0.2) is 0 Å². The molecule has 2 aliphatic rings. The minimum atomic E-state index is 0.534. The predicted octanol–water partition coefficient (Wildman–Crippen LogP) is 3.63. The van der Waals surface area contributed by atoms with Gasteiger partial charge in [0.05, 0.1) is 10.5 Å². The Hall–Kier alpha value is -1.22. The molecule has 2 aliphatic carbocycles. The molecule has 3 unspecified atom stereocenters. The summed E-state index contributed by atoms with van der Waals surface area (Å²) in [6.45, 7) is 0. The first-order valence-electron chi connectivity index (χ1n) is 6.66. The lowest BCUT2D eigenvalue weighted by molar-refractivity contribution is 0.339. The summed E-state index contributed by atoms with van der Waals surface area (Å²) >= 11 is 6.20. The Labute approximate surface area is 111 Å². The third kappa shape index (κ3) is 1.34. The predicted molar refractivity (Wildman–Crippen MR) is 73.6 cm³/mol. The fourth-order valence-electron chi connectivity index (χ4n) is 3.98. The molecule has 2 fully saturated rings. The first-order valence-corrected chi connectivity index (χ1v) is 7.04. The van der Waals surface area contributed by atoms with Crippen molar-refractivity contribution < 1.29 is 0 Å². The van der Waals surface area contributed by atoms with Crippen molar-refractivity contribution in [1.29, 1.82) is 0 Å². The highest BCUT2D eigenvalue weighted by Crippen LogP contribution is 2.52. The van der Waals surface area contributed by atoms with Gasteiger partial charge in [0.25, 0.3) is 0 Å². The fraction of sp³-hybridized carbons (Fsp3) is 0.500. The number of nitrogen functional groups attached to an aromatic ring is 1. The molecule has 2 aromatic rings. The van der Waals surface area contributed by atoms with Crippen LogP contribution in [0.15, 0.2) is 18.2 Å². The van der Waals surface area contributed by atoms with E-state index >= 15 is 0 Å². The Balaban J connectivity index is 1.90. The number of fused-ring (bicyclic) bond motifs is 3. The van der Waals surface area contributed by atoms with Crippen molar-refractivity contribution >= 4 is 28.6 Å². The molecule has 0 saturated heterocycles. The van der Waals surface area contributed by atoms with Crippen molar-refractivity contribution in [1.82, 2.24) is 9.55 Å². The minimum absolute atomic E-state index is 0.534. The molecule has 18 heavy (non-hydrogen) atoms. The van der Waals surface area contributed by atoms with E-state index in [1.54, 1.807) is 0 Å².